The molecule has 0 spiro atoms. The van der Waals surface area contributed by atoms with E-state index in [4.69, 9.17) is 5.11 Å². The second kappa shape index (κ2) is 6.75. The maximum absolute atomic E-state index is 11.1. The van der Waals surface area contributed by atoms with E-state index in [0.717, 1.165) is 28.2 Å². The monoisotopic (exact) mass is 331 g/mol. The van der Waals surface area contributed by atoms with Crippen molar-refractivity contribution in [1.82, 2.24) is 14.7 Å². The molecule has 0 aliphatic rings. The molecule has 0 amide bonds. The van der Waals surface area contributed by atoms with Gasteiger partial charge in [0, 0.05) is 24.3 Å². The number of carboxylic acids is 1. The van der Waals surface area contributed by atoms with Gasteiger partial charge in [0.15, 0.2) is 5.60 Å². The Kier molecular flexibility index (Phi) is 5.11. The topological polar surface area (TPSA) is 78.6 Å². The number of rotatable bonds is 6. The maximum atomic E-state index is 11.1. The molecule has 1 aromatic heterocycles. The first-order valence-corrected chi connectivity index (χ1v) is 7.89. The van der Waals surface area contributed by atoms with Gasteiger partial charge in [0.1, 0.15) is 0 Å². The predicted octanol–water partition coefficient (Wildman–Crippen LogP) is 2.06. The fraction of sp³-hybridized carbons (Fsp3) is 0.444. The van der Waals surface area contributed by atoms with Crippen molar-refractivity contribution in [3.05, 3.63) is 46.8 Å². The Hall–Kier alpha value is -2.18. The Morgan fingerprint density at radius 1 is 1.29 bits per heavy atom. The van der Waals surface area contributed by atoms with Crippen molar-refractivity contribution in [1.29, 1.82) is 0 Å². The van der Waals surface area contributed by atoms with Crippen LogP contribution in [0.2, 0.25) is 0 Å². The van der Waals surface area contributed by atoms with Crippen molar-refractivity contribution in [2.24, 2.45) is 0 Å². The highest BCUT2D eigenvalue weighted by Crippen LogP contribution is 2.22. The second-order valence-corrected chi connectivity index (χ2v) is 6.60. The van der Waals surface area contributed by atoms with Crippen LogP contribution in [0, 0.1) is 20.8 Å². The first kappa shape index (κ1) is 18.2. The van der Waals surface area contributed by atoms with E-state index < -0.39 is 11.6 Å². The summed E-state index contributed by atoms with van der Waals surface area (Å²) in [6, 6.07) is 8.04. The lowest BCUT2D eigenvalue weighted by Crippen LogP contribution is -2.45. The molecule has 0 aliphatic heterocycles. The van der Waals surface area contributed by atoms with Crippen LogP contribution >= 0.6 is 0 Å². The second-order valence-electron chi connectivity index (χ2n) is 6.60. The quantitative estimate of drug-likeness (QED) is 0.847. The molecule has 2 aromatic rings. The summed E-state index contributed by atoms with van der Waals surface area (Å²) in [6.07, 6.45) is 0. The highest BCUT2D eigenvalue weighted by molar-refractivity contribution is 5.76. The molecule has 0 bridgehead atoms. The number of carbonyl (C=O) groups is 1. The Bertz CT molecular complexity index is 750. The average Bonchev–Trinajstić information content (AvgIpc) is 2.75. The Morgan fingerprint density at radius 3 is 2.50 bits per heavy atom. The molecule has 0 aliphatic carbocycles. The predicted molar refractivity (Wildman–Crippen MR) is 92.4 cm³/mol. The molecule has 1 unspecified atom stereocenters. The van der Waals surface area contributed by atoms with Gasteiger partial charge in [-0.15, -0.1) is 0 Å². The van der Waals surface area contributed by atoms with Crippen molar-refractivity contribution in [3.63, 3.8) is 0 Å². The zero-order chi connectivity index (χ0) is 18.1. The summed E-state index contributed by atoms with van der Waals surface area (Å²) < 4.78 is 1.92. The van der Waals surface area contributed by atoms with E-state index in [9.17, 15) is 9.90 Å². The van der Waals surface area contributed by atoms with Crippen molar-refractivity contribution < 1.29 is 15.0 Å². The smallest absolute Gasteiger partial charge is 0.336 e. The summed E-state index contributed by atoms with van der Waals surface area (Å²) in [4.78, 5) is 12.9. The van der Waals surface area contributed by atoms with Crippen LogP contribution in [-0.4, -0.2) is 50.1 Å². The first-order valence-electron chi connectivity index (χ1n) is 7.89. The van der Waals surface area contributed by atoms with Crippen molar-refractivity contribution in [2.75, 3.05) is 13.6 Å². The molecule has 130 valence electrons. The maximum Gasteiger partial charge on any atom is 0.336 e. The number of hydrogen-bond donors (Lipinski definition) is 2. The minimum Gasteiger partial charge on any atom is -0.479 e. The van der Waals surface area contributed by atoms with E-state index in [1.54, 1.807) is 11.9 Å². The first-order chi connectivity index (χ1) is 11.1. The van der Waals surface area contributed by atoms with E-state index in [1.165, 1.54) is 6.92 Å². The van der Waals surface area contributed by atoms with Crippen LogP contribution < -0.4 is 0 Å². The number of aliphatic hydroxyl groups is 1. The lowest BCUT2D eigenvalue weighted by molar-refractivity contribution is -0.158. The summed E-state index contributed by atoms with van der Waals surface area (Å²) in [6.45, 7) is 7.86. The van der Waals surface area contributed by atoms with Crippen molar-refractivity contribution >= 4 is 5.97 Å². The van der Waals surface area contributed by atoms with Crippen LogP contribution in [0.25, 0.3) is 5.69 Å². The fourth-order valence-electron chi connectivity index (χ4n) is 2.86. The number of aryl methyl sites for hydroxylation is 2. The third-order valence-corrected chi connectivity index (χ3v) is 4.25. The molecule has 1 heterocycles. The number of hydrogen-bond acceptors (Lipinski definition) is 4. The van der Waals surface area contributed by atoms with E-state index in [2.05, 4.69) is 5.10 Å². The van der Waals surface area contributed by atoms with Gasteiger partial charge in [0.2, 0.25) is 0 Å². The number of aromatic nitrogens is 2. The van der Waals surface area contributed by atoms with Gasteiger partial charge >= 0.3 is 5.97 Å². The number of aliphatic carboxylic acids is 1. The highest BCUT2D eigenvalue weighted by Gasteiger charge is 2.31. The SMILES string of the molecule is Cc1ccccc1-n1nc(C)c(CN(C)CC(C)(O)C(=O)O)c1C. The number of benzene rings is 1. The van der Waals surface area contributed by atoms with Gasteiger partial charge in [-0.1, -0.05) is 18.2 Å². The standard InChI is InChI=1S/C18H25N3O3/c1-12-8-6-7-9-16(12)21-14(3)15(13(2)19-21)10-20(5)11-18(4,24)17(22)23/h6-9,24H,10-11H2,1-5H3,(H,22,23). The lowest BCUT2D eigenvalue weighted by atomic mass is 10.1. The van der Waals surface area contributed by atoms with Gasteiger partial charge in [-0.3, -0.25) is 4.90 Å². The minimum absolute atomic E-state index is 0.0385. The normalized spacial score (nSPS) is 14.0. The summed E-state index contributed by atoms with van der Waals surface area (Å²) in [5.74, 6) is -1.22. The van der Waals surface area contributed by atoms with Crippen molar-refractivity contribution in [2.45, 2.75) is 39.8 Å². The Morgan fingerprint density at radius 2 is 1.92 bits per heavy atom. The van der Waals surface area contributed by atoms with E-state index in [-0.39, 0.29) is 6.54 Å². The average molecular weight is 331 g/mol. The van der Waals surface area contributed by atoms with Crippen LogP contribution in [0.3, 0.4) is 0 Å². The largest absolute Gasteiger partial charge is 0.479 e. The third-order valence-electron chi connectivity index (χ3n) is 4.25. The van der Waals surface area contributed by atoms with Crippen LogP contribution in [0.4, 0.5) is 0 Å². The van der Waals surface area contributed by atoms with Gasteiger partial charge in [0.05, 0.1) is 11.4 Å². The highest BCUT2D eigenvalue weighted by atomic mass is 16.4. The fourth-order valence-corrected chi connectivity index (χ4v) is 2.86. The molecule has 2 rings (SSSR count). The molecule has 0 saturated carbocycles. The number of carboxylic acid groups (broad SMARTS) is 1. The molecule has 2 N–H and O–H groups in total. The molecule has 0 saturated heterocycles. The van der Waals surface area contributed by atoms with Gasteiger partial charge in [-0.2, -0.15) is 5.10 Å². The molecule has 6 nitrogen and oxygen atoms in total. The van der Waals surface area contributed by atoms with E-state index >= 15 is 0 Å². The molecule has 24 heavy (non-hydrogen) atoms. The number of likely N-dealkylation sites (N-methyl/N-ethyl adjacent to an activating group) is 1. The molecular weight excluding hydrogens is 306 g/mol. The molecular formula is C18H25N3O3. The minimum atomic E-state index is -1.78. The molecule has 1 aromatic carbocycles. The number of para-hydroxylation sites is 1. The Labute approximate surface area is 142 Å². The third kappa shape index (κ3) is 3.66. The zero-order valence-electron chi connectivity index (χ0n) is 14.9. The summed E-state index contributed by atoms with van der Waals surface area (Å²) in [5, 5.41) is 23.6. The molecule has 6 heteroatoms. The van der Waals surface area contributed by atoms with Gasteiger partial charge in [-0.25, -0.2) is 9.48 Å². The van der Waals surface area contributed by atoms with Crippen LogP contribution in [-0.2, 0) is 11.3 Å². The van der Waals surface area contributed by atoms with Gasteiger partial charge in [0.25, 0.3) is 0 Å². The lowest BCUT2D eigenvalue weighted by Gasteiger charge is -2.25. The summed E-state index contributed by atoms with van der Waals surface area (Å²) >= 11 is 0. The van der Waals surface area contributed by atoms with E-state index in [0.29, 0.717) is 6.54 Å². The number of nitrogens with zero attached hydrogens (tertiary/aromatic N) is 3. The molecule has 0 fully saturated rings. The summed E-state index contributed by atoms with van der Waals surface area (Å²) in [5.41, 5.74) is 3.35. The van der Waals surface area contributed by atoms with Crippen molar-refractivity contribution in [3.8, 4) is 5.69 Å². The van der Waals surface area contributed by atoms with Gasteiger partial charge < -0.3 is 10.2 Å². The zero-order valence-corrected chi connectivity index (χ0v) is 14.9. The summed E-state index contributed by atoms with van der Waals surface area (Å²) in [7, 11) is 1.79. The van der Waals surface area contributed by atoms with Gasteiger partial charge in [-0.05, 0) is 46.4 Å². The van der Waals surface area contributed by atoms with E-state index in [1.807, 2.05) is 49.7 Å². The van der Waals surface area contributed by atoms with Crippen LogP contribution in [0.1, 0.15) is 29.4 Å². The van der Waals surface area contributed by atoms with Crippen LogP contribution in [0.15, 0.2) is 24.3 Å². The Balaban J connectivity index is 2.27. The van der Waals surface area contributed by atoms with Crippen LogP contribution in [0.5, 0.6) is 0 Å². The molecule has 0 radical (unpaired) electrons. The molecule has 1 atom stereocenters.